The van der Waals surface area contributed by atoms with Crippen LogP contribution in [0.15, 0.2) is 12.1 Å². The summed E-state index contributed by atoms with van der Waals surface area (Å²) in [4.78, 5) is 28.9. The maximum Gasteiger partial charge on any atom is 0.229 e. The van der Waals surface area contributed by atoms with Crippen molar-refractivity contribution in [3.8, 4) is 6.07 Å². The summed E-state index contributed by atoms with van der Waals surface area (Å²) in [7, 11) is 0. The minimum atomic E-state index is -0.0321. The van der Waals surface area contributed by atoms with Gasteiger partial charge in [0.2, 0.25) is 5.91 Å². The Morgan fingerprint density at radius 2 is 2.32 bits per heavy atom. The van der Waals surface area contributed by atoms with E-state index in [1.807, 2.05) is 6.07 Å². The first kappa shape index (κ1) is 13.6. The van der Waals surface area contributed by atoms with E-state index in [4.69, 9.17) is 5.26 Å². The van der Waals surface area contributed by atoms with Crippen molar-refractivity contribution >= 4 is 28.6 Å². The number of aryl methyl sites for hydroxylation is 1. The Labute approximate surface area is 115 Å². The summed E-state index contributed by atoms with van der Waals surface area (Å²) in [5.74, 6) is 0.517. The van der Waals surface area contributed by atoms with E-state index in [2.05, 4.69) is 4.98 Å². The Balaban J connectivity index is 2.19. The average Bonchev–Trinajstić information content (AvgIpc) is 2.69. The zero-order valence-corrected chi connectivity index (χ0v) is 11.5. The lowest BCUT2D eigenvalue weighted by molar-refractivity contribution is -0.117. The predicted octanol–water partition coefficient (Wildman–Crippen LogP) is 1.65. The number of thioether (sulfide) groups is 1. The van der Waals surface area contributed by atoms with Crippen LogP contribution in [0, 0.1) is 18.3 Å². The molecule has 1 fully saturated rings. The van der Waals surface area contributed by atoms with Gasteiger partial charge in [0.25, 0.3) is 0 Å². The number of anilines is 1. The highest BCUT2D eigenvalue weighted by Gasteiger charge is 2.32. The van der Waals surface area contributed by atoms with E-state index in [1.165, 1.54) is 18.7 Å². The quantitative estimate of drug-likeness (QED) is 0.820. The standard InChI is InChI=1S/C13H13N3O2S/c1-8-10(6-14)3-4-12(15-8)16-7-11(5-13(16)18)19-9(2)17/h3-4,11H,5,7H2,1-2H3. The SMILES string of the molecule is CC(=O)SC1CC(=O)N(c2ccc(C#N)c(C)n2)C1. The first-order valence-electron chi connectivity index (χ1n) is 5.86. The molecule has 1 aromatic heterocycles. The third-order valence-corrected chi connectivity index (χ3v) is 3.87. The molecule has 1 aliphatic rings. The molecule has 0 spiro atoms. The molecular weight excluding hydrogens is 262 g/mol. The number of hydrogen-bond donors (Lipinski definition) is 0. The summed E-state index contributed by atoms with van der Waals surface area (Å²) in [6.45, 7) is 3.73. The Hall–Kier alpha value is -1.87. The molecule has 1 aliphatic heterocycles. The van der Waals surface area contributed by atoms with Crippen molar-refractivity contribution in [1.29, 1.82) is 5.26 Å². The number of rotatable bonds is 2. The van der Waals surface area contributed by atoms with Gasteiger partial charge < -0.3 is 0 Å². The number of carbonyl (C=O) groups excluding carboxylic acids is 2. The van der Waals surface area contributed by atoms with Crippen LogP contribution in [0.3, 0.4) is 0 Å². The number of pyridine rings is 1. The maximum atomic E-state index is 11.9. The molecule has 1 atom stereocenters. The van der Waals surface area contributed by atoms with Crippen molar-refractivity contribution < 1.29 is 9.59 Å². The molecule has 0 bridgehead atoms. The predicted molar refractivity (Wildman–Crippen MR) is 72.7 cm³/mol. The van der Waals surface area contributed by atoms with Crippen LogP contribution in [-0.2, 0) is 9.59 Å². The van der Waals surface area contributed by atoms with Crippen molar-refractivity contribution in [3.63, 3.8) is 0 Å². The third-order valence-electron chi connectivity index (χ3n) is 2.89. The van der Waals surface area contributed by atoms with Crippen molar-refractivity contribution in [2.75, 3.05) is 11.4 Å². The largest absolute Gasteiger partial charge is 0.296 e. The number of nitriles is 1. The second kappa shape index (κ2) is 5.41. The van der Waals surface area contributed by atoms with Gasteiger partial charge in [-0.05, 0) is 19.1 Å². The van der Waals surface area contributed by atoms with Crippen LogP contribution in [0.4, 0.5) is 5.82 Å². The molecule has 0 radical (unpaired) electrons. The number of aromatic nitrogens is 1. The molecule has 19 heavy (non-hydrogen) atoms. The molecule has 0 N–H and O–H groups in total. The van der Waals surface area contributed by atoms with Crippen LogP contribution < -0.4 is 4.90 Å². The van der Waals surface area contributed by atoms with E-state index in [0.29, 0.717) is 30.0 Å². The highest BCUT2D eigenvalue weighted by molar-refractivity contribution is 8.14. The zero-order chi connectivity index (χ0) is 14.0. The second-order valence-corrected chi connectivity index (χ2v) is 5.83. The number of hydrogen-bond acceptors (Lipinski definition) is 5. The van der Waals surface area contributed by atoms with Crippen molar-refractivity contribution in [1.82, 2.24) is 4.98 Å². The van der Waals surface area contributed by atoms with Crippen molar-refractivity contribution in [2.24, 2.45) is 0 Å². The van der Waals surface area contributed by atoms with Gasteiger partial charge in [-0.2, -0.15) is 5.26 Å². The molecule has 1 amide bonds. The molecule has 5 nitrogen and oxygen atoms in total. The molecule has 0 aliphatic carbocycles. The van der Waals surface area contributed by atoms with Crippen molar-refractivity contribution in [2.45, 2.75) is 25.5 Å². The van der Waals surface area contributed by atoms with Gasteiger partial charge in [0.1, 0.15) is 11.9 Å². The van der Waals surface area contributed by atoms with E-state index in [9.17, 15) is 9.59 Å². The lowest BCUT2D eigenvalue weighted by Gasteiger charge is -2.15. The van der Waals surface area contributed by atoms with Gasteiger partial charge >= 0.3 is 0 Å². The Bertz CT molecular complexity index is 580. The van der Waals surface area contributed by atoms with Crippen LogP contribution >= 0.6 is 11.8 Å². The Morgan fingerprint density at radius 3 is 2.89 bits per heavy atom. The molecule has 1 aromatic rings. The lowest BCUT2D eigenvalue weighted by Crippen LogP contribution is -2.26. The van der Waals surface area contributed by atoms with Crippen LogP contribution in [0.1, 0.15) is 24.6 Å². The van der Waals surface area contributed by atoms with Gasteiger partial charge in [-0.25, -0.2) is 4.98 Å². The lowest BCUT2D eigenvalue weighted by atomic mass is 10.2. The minimum absolute atomic E-state index is 0.0113. The van der Waals surface area contributed by atoms with Crippen LogP contribution in [0.2, 0.25) is 0 Å². The summed E-state index contributed by atoms with van der Waals surface area (Å²) < 4.78 is 0. The fourth-order valence-corrected chi connectivity index (χ4v) is 2.95. The summed E-state index contributed by atoms with van der Waals surface area (Å²) >= 11 is 1.19. The molecule has 2 rings (SSSR count). The molecule has 98 valence electrons. The van der Waals surface area contributed by atoms with Gasteiger partial charge in [0, 0.05) is 25.1 Å². The Kier molecular flexibility index (Phi) is 3.86. The third kappa shape index (κ3) is 2.93. The maximum absolute atomic E-state index is 11.9. The number of amides is 1. The topological polar surface area (TPSA) is 74.1 Å². The minimum Gasteiger partial charge on any atom is -0.296 e. The molecule has 1 saturated heterocycles. The molecule has 1 unspecified atom stereocenters. The highest BCUT2D eigenvalue weighted by Crippen LogP contribution is 2.28. The average molecular weight is 275 g/mol. The summed E-state index contributed by atoms with van der Waals surface area (Å²) in [5, 5.41) is 8.86. The van der Waals surface area contributed by atoms with E-state index < -0.39 is 0 Å². The monoisotopic (exact) mass is 275 g/mol. The summed E-state index contributed by atoms with van der Waals surface area (Å²) in [6, 6.07) is 5.38. The van der Waals surface area contributed by atoms with E-state index in [0.717, 1.165) is 0 Å². The van der Waals surface area contributed by atoms with Crippen LogP contribution in [0.5, 0.6) is 0 Å². The number of carbonyl (C=O) groups is 2. The van der Waals surface area contributed by atoms with Gasteiger partial charge in [0.15, 0.2) is 5.12 Å². The van der Waals surface area contributed by atoms with E-state index in [1.54, 1.807) is 24.0 Å². The summed E-state index contributed by atoms with van der Waals surface area (Å²) in [6.07, 6.45) is 0.352. The Morgan fingerprint density at radius 1 is 1.58 bits per heavy atom. The van der Waals surface area contributed by atoms with Crippen LogP contribution in [-0.4, -0.2) is 27.8 Å². The fourth-order valence-electron chi connectivity index (χ4n) is 2.03. The summed E-state index contributed by atoms with van der Waals surface area (Å²) in [5.41, 5.74) is 1.11. The molecule has 6 heteroatoms. The molecule has 2 heterocycles. The zero-order valence-electron chi connectivity index (χ0n) is 10.7. The normalized spacial score (nSPS) is 18.5. The van der Waals surface area contributed by atoms with E-state index in [-0.39, 0.29) is 16.3 Å². The second-order valence-electron chi connectivity index (χ2n) is 4.35. The van der Waals surface area contributed by atoms with Gasteiger partial charge in [-0.3, -0.25) is 14.5 Å². The fraction of sp³-hybridized carbons (Fsp3) is 0.385. The first-order chi connectivity index (χ1) is 9.01. The molecule has 0 aromatic carbocycles. The van der Waals surface area contributed by atoms with Gasteiger partial charge in [0.05, 0.1) is 11.3 Å². The van der Waals surface area contributed by atoms with Gasteiger partial charge in [-0.1, -0.05) is 11.8 Å². The van der Waals surface area contributed by atoms with Crippen LogP contribution in [0.25, 0.3) is 0 Å². The van der Waals surface area contributed by atoms with Crippen molar-refractivity contribution in [3.05, 3.63) is 23.4 Å². The van der Waals surface area contributed by atoms with Gasteiger partial charge in [-0.15, -0.1) is 0 Å². The first-order valence-corrected chi connectivity index (χ1v) is 6.74. The highest BCUT2D eigenvalue weighted by atomic mass is 32.2. The van der Waals surface area contributed by atoms with E-state index >= 15 is 0 Å². The smallest absolute Gasteiger partial charge is 0.229 e. The molecule has 0 saturated carbocycles. The molecular formula is C13H13N3O2S. The number of nitrogens with zero attached hydrogens (tertiary/aromatic N) is 3.